The van der Waals surface area contributed by atoms with Gasteiger partial charge in [-0.1, -0.05) is 6.07 Å². The number of aromatic nitrogens is 1. The molecule has 1 aromatic carbocycles. The third-order valence-corrected chi connectivity index (χ3v) is 3.47. The first-order chi connectivity index (χ1) is 10.2. The first-order valence-corrected chi connectivity index (χ1v) is 7.66. The van der Waals surface area contributed by atoms with E-state index in [0.717, 1.165) is 38.4 Å². The average Bonchev–Trinajstić information content (AvgIpc) is 2.89. The highest BCUT2D eigenvalue weighted by atomic mass is 16.5. The maximum atomic E-state index is 5.52. The SMILES string of the molecule is COc1cccc2c1ccn2CCNCCCOC(C)C. The summed E-state index contributed by atoms with van der Waals surface area (Å²) in [5.74, 6) is 0.935. The predicted molar refractivity (Wildman–Crippen MR) is 87.1 cm³/mol. The summed E-state index contributed by atoms with van der Waals surface area (Å²) in [6.45, 7) is 7.88. The fourth-order valence-corrected chi connectivity index (χ4v) is 2.41. The molecule has 116 valence electrons. The van der Waals surface area contributed by atoms with Gasteiger partial charge in [0.15, 0.2) is 0 Å². The lowest BCUT2D eigenvalue weighted by Crippen LogP contribution is -2.22. The molecule has 1 aromatic heterocycles. The molecule has 0 amide bonds. The minimum Gasteiger partial charge on any atom is -0.496 e. The summed E-state index contributed by atoms with van der Waals surface area (Å²) in [7, 11) is 1.72. The Morgan fingerprint density at radius 3 is 2.81 bits per heavy atom. The summed E-state index contributed by atoms with van der Waals surface area (Å²) < 4.78 is 13.2. The van der Waals surface area contributed by atoms with Gasteiger partial charge in [-0.15, -0.1) is 0 Å². The largest absolute Gasteiger partial charge is 0.496 e. The normalized spacial score (nSPS) is 11.4. The smallest absolute Gasteiger partial charge is 0.128 e. The van der Waals surface area contributed by atoms with Gasteiger partial charge in [-0.25, -0.2) is 0 Å². The molecule has 0 atom stereocenters. The number of rotatable bonds is 9. The zero-order chi connectivity index (χ0) is 15.1. The highest BCUT2D eigenvalue weighted by Crippen LogP contribution is 2.25. The minimum absolute atomic E-state index is 0.325. The molecule has 0 fully saturated rings. The number of nitrogens with zero attached hydrogens (tertiary/aromatic N) is 1. The molecule has 2 aromatic rings. The molecule has 1 N–H and O–H groups in total. The van der Waals surface area contributed by atoms with Crippen LogP contribution in [0.4, 0.5) is 0 Å². The molecule has 0 bridgehead atoms. The third kappa shape index (κ3) is 4.48. The van der Waals surface area contributed by atoms with E-state index >= 15 is 0 Å². The molecule has 0 saturated carbocycles. The Kier molecular flexibility index (Phi) is 6.08. The third-order valence-electron chi connectivity index (χ3n) is 3.47. The van der Waals surface area contributed by atoms with Crippen LogP contribution in [-0.2, 0) is 11.3 Å². The van der Waals surface area contributed by atoms with Crippen LogP contribution >= 0.6 is 0 Å². The molecule has 0 aliphatic carbocycles. The second kappa shape index (κ2) is 8.05. The Morgan fingerprint density at radius 2 is 2.05 bits per heavy atom. The fraction of sp³-hybridized carbons (Fsp3) is 0.529. The minimum atomic E-state index is 0.325. The predicted octanol–water partition coefficient (Wildman–Crippen LogP) is 3.05. The van der Waals surface area contributed by atoms with Crippen LogP contribution in [0.2, 0.25) is 0 Å². The van der Waals surface area contributed by atoms with Gasteiger partial charge in [0.2, 0.25) is 0 Å². The quantitative estimate of drug-likeness (QED) is 0.721. The molecule has 21 heavy (non-hydrogen) atoms. The Balaban J connectivity index is 1.77. The van der Waals surface area contributed by atoms with E-state index in [2.05, 4.69) is 42.1 Å². The molecular formula is C17H26N2O2. The van der Waals surface area contributed by atoms with E-state index in [4.69, 9.17) is 9.47 Å². The van der Waals surface area contributed by atoms with Crippen LogP contribution in [0.15, 0.2) is 30.5 Å². The standard InChI is InChI=1S/C17H26N2O2/c1-14(2)21-13-5-9-18-10-12-19-11-8-15-16(19)6-4-7-17(15)20-3/h4,6-8,11,14,18H,5,9-10,12-13H2,1-3H3. The maximum Gasteiger partial charge on any atom is 0.128 e. The van der Waals surface area contributed by atoms with Gasteiger partial charge in [0, 0.05) is 31.3 Å². The van der Waals surface area contributed by atoms with E-state index in [1.54, 1.807) is 7.11 Å². The summed E-state index contributed by atoms with van der Waals surface area (Å²) >= 11 is 0. The summed E-state index contributed by atoms with van der Waals surface area (Å²) in [4.78, 5) is 0. The molecule has 0 radical (unpaired) electrons. The Hall–Kier alpha value is -1.52. The van der Waals surface area contributed by atoms with E-state index in [0.29, 0.717) is 6.10 Å². The van der Waals surface area contributed by atoms with Crippen LogP contribution in [0.25, 0.3) is 10.9 Å². The van der Waals surface area contributed by atoms with Crippen molar-refractivity contribution in [3.8, 4) is 5.75 Å². The number of nitrogens with one attached hydrogen (secondary N) is 1. The topological polar surface area (TPSA) is 35.4 Å². The van der Waals surface area contributed by atoms with Crippen LogP contribution in [0, 0.1) is 0 Å². The fourth-order valence-electron chi connectivity index (χ4n) is 2.41. The highest BCUT2D eigenvalue weighted by Gasteiger charge is 2.05. The number of ether oxygens (including phenoxy) is 2. The number of hydrogen-bond donors (Lipinski definition) is 1. The van der Waals surface area contributed by atoms with Gasteiger partial charge in [0.1, 0.15) is 5.75 Å². The second-order valence-electron chi connectivity index (χ2n) is 5.43. The highest BCUT2D eigenvalue weighted by molar-refractivity contribution is 5.86. The van der Waals surface area contributed by atoms with E-state index in [-0.39, 0.29) is 0 Å². The van der Waals surface area contributed by atoms with Gasteiger partial charge in [-0.05, 0) is 45.0 Å². The van der Waals surface area contributed by atoms with Crippen molar-refractivity contribution >= 4 is 10.9 Å². The van der Waals surface area contributed by atoms with E-state index in [1.807, 2.05) is 12.1 Å². The Labute approximate surface area is 127 Å². The van der Waals surface area contributed by atoms with Crippen molar-refractivity contribution < 1.29 is 9.47 Å². The molecule has 0 saturated heterocycles. The summed E-state index contributed by atoms with van der Waals surface area (Å²) in [6, 6.07) is 8.28. The van der Waals surface area contributed by atoms with E-state index in [1.165, 1.54) is 10.9 Å². The van der Waals surface area contributed by atoms with Crippen molar-refractivity contribution in [1.82, 2.24) is 9.88 Å². The van der Waals surface area contributed by atoms with Crippen molar-refractivity contribution in [2.75, 3.05) is 26.8 Å². The average molecular weight is 290 g/mol. The van der Waals surface area contributed by atoms with Crippen LogP contribution in [0.1, 0.15) is 20.3 Å². The molecule has 0 aliphatic rings. The number of methoxy groups -OCH3 is 1. The lowest BCUT2D eigenvalue weighted by atomic mass is 10.2. The first kappa shape index (κ1) is 15.9. The Bertz CT molecular complexity index is 549. The molecule has 2 rings (SSSR count). The van der Waals surface area contributed by atoms with Gasteiger partial charge in [0.05, 0.1) is 18.7 Å². The monoisotopic (exact) mass is 290 g/mol. The van der Waals surface area contributed by atoms with Gasteiger partial charge >= 0.3 is 0 Å². The first-order valence-electron chi connectivity index (χ1n) is 7.66. The summed E-state index contributed by atoms with van der Waals surface area (Å²) in [6.07, 6.45) is 3.50. The van der Waals surface area contributed by atoms with Gasteiger partial charge < -0.3 is 19.4 Å². The van der Waals surface area contributed by atoms with Crippen LogP contribution in [-0.4, -0.2) is 37.5 Å². The summed E-state index contributed by atoms with van der Waals surface area (Å²) in [5, 5.41) is 4.63. The molecule has 1 heterocycles. The van der Waals surface area contributed by atoms with Gasteiger partial charge in [-0.2, -0.15) is 0 Å². The number of benzene rings is 1. The molecule has 0 unspecified atom stereocenters. The van der Waals surface area contributed by atoms with Crippen molar-refractivity contribution in [2.24, 2.45) is 0 Å². The second-order valence-corrected chi connectivity index (χ2v) is 5.43. The van der Waals surface area contributed by atoms with Crippen LogP contribution < -0.4 is 10.1 Å². The van der Waals surface area contributed by atoms with Crippen molar-refractivity contribution in [3.05, 3.63) is 30.5 Å². The van der Waals surface area contributed by atoms with Crippen molar-refractivity contribution in [3.63, 3.8) is 0 Å². The molecule has 4 heteroatoms. The Morgan fingerprint density at radius 1 is 1.19 bits per heavy atom. The van der Waals surface area contributed by atoms with Gasteiger partial charge in [-0.3, -0.25) is 0 Å². The zero-order valence-corrected chi connectivity index (χ0v) is 13.3. The molecular weight excluding hydrogens is 264 g/mol. The van der Waals surface area contributed by atoms with Crippen molar-refractivity contribution in [1.29, 1.82) is 0 Å². The lowest BCUT2D eigenvalue weighted by Gasteiger charge is -2.09. The van der Waals surface area contributed by atoms with Crippen molar-refractivity contribution in [2.45, 2.75) is 32.9 Å². The molecule has 0 aliphatic heterocycles. The van der Waals surface area contributed by atoms with E-state index in [9.17, 15) is 0 Å². The zero-order valence-electron chi connectivity index (χ0n) is 13.3. The lowest BCUT2D eigenvalue weighted by molar-refractivity contribution is 0.0771. The van der Waals surface area contributed by atoms with Gasteiger partial charge in [0.25, 0.3) is 0 Å². The summed E-state index contributed by atoms with van der Waals surface area (Å²) in [5.41, 5.74) is 1.22. The number of hydrogen-bond acceptors (Lipinski definition) is 3. The number of fused-ring (bicyclic) bond motifs is 1. The molecule has 4 nitrogen and oxygen atoms in total. The molecule has 0 spiro atoms. The maximum absolute atomic E-state index is 5.52. The van der Waals surface area contributed by atoms with Crippen LogP contribution in [0.5, 0.6) is 5.75 Å². The van der Waals surface area contributed by atoms with E-state index < -0.39 is 0 Å². The van der Waals surface area contributed by atoms with Crippen LogP contribution in [0.3, 0.4) is 0 Å².